The lowest BCUT2D eigenvalue weighted by molar-refractivity contribution is 0.445. The predicted molar refractivity (Wildman–Crippen MR) is 85.8 cm³/mol. The summed E-state index contributed by atoms with van der Waals surface area (Å²) in [5.74, 6) is 0.907. The van der Waals surface area contributed by atoms with Crippen molar-refractivity contribution in [1.29, 1.82) is 0 Å². The number of hydrogen-bond acceptors (Lipinski definition) is 3. The first-order valence-corrected chi connectivity index (χ1v) is 7.53. The van der Waals surface area contributed by atoms with Gasteiger partial charge in [-0.25, -0.2) is 0 Å². The molecule has 2 heterocycles. The van der Waals surface area contributed by atoms with E-state index >= 15 is 0 Å². The maximum absolute atomic E-state index is 5.57. The number of halogens is 1. The topological polar surface area (TPSA) is 38.1 Å². The number of nitrogens with zero attached hydrogens (tertiary/aromatic N) is 1. The van der Waals surface area contributed by atoms with Gasteiger partial charge >= 0.3 is 0 Å². The van der Waals surface area contributed by atoms with Gasteiger partial charge in [0.1, 0.15) is 5.76 Å². The van der Waals surface area contributed by atoms with E-state index in [1.165, 1.54) is 5.56 Å². The van der Waals surface area contributed by atoms with Gasteiger partial charge in [0.25, 0.3) is 0 Å². The Morgan fingerprint density at radius 3 is 2.67 bits per heavy atom. The third-order valence-electron chi connectivity index (χ3n) is 3.23. The largest absolute Gasteiger partial charge is 0.467 e. The molecule has 0 spiro atoms. The van der Waals surface area contributed by atoms with Gasteiger partial charge in [0.15, 0.2) is 0 Å². The van der Waals surface area contributed by atoms with Gasteiger partial charge in [0.2, 0.25) is 0 Å². The second kappa shape index (κ2) is 6.70. The highest BCUT2D eigenvalue weighted by Gasteiger charge is 2.15. The summed E-state index contributed by atoms with van der Waals surface area (Å²) in [7, 11) is 0. The molecule has 0 bridgehead atoms. The Bertz CT molecular complexity index is 683. The van der Waals surface area contributed by atoms with Crippen LogP contribution in [0.5, 0.6) is 0 Å². The van der Waals surface area contributed by atoms with Crippen LogP contribution in [0.25, 0.3) is 0 Å². The van der Waals surface area contributed by atoms with Crippen LogP contribution in [0.4, 0.5) is 0 Å². The van der Waals surface area contributed by atoms with Gasteiger partial charge < -0.3 is 4.42 Å². The molecule has 0 saturated heterocycles. The fourth-order valence-corrected chi connectivity index (χ4v) is 2.67. The van der Waals surface area contributed by atoms with Crippen LogP contribution in [0.15, 0.2) is 76.1 Å². The fourth-order valence-electron chi connectivity index (χ4n) is 2.26. The number of rotatable bonds is 5. The molecule has 1 N–H and O–H groups in total. The molecule has 0 amide bonds. The van der Waals surface area contributed by atoms with E-state index in [0.717, 1.165) is 15.8 Å². The Labute approximate surface area is 132 Å². The molecule has 106 valence electrons. The molecular formula is C17H15BrN2O. The molecule has 3 rings (SSSR count). The van der Waals surface area contributed by atoms with Crippen molar-refractivity contribution in [1.82, 2.24) is 10.3 Å². The molecule has 4 heteroatoms. The van der Waals surface area contributed by atoms with Gasteiger partial charge in [-0.1, -0.05) is 30.3 Å². The monoisotopic (exact) mass is 342 g/mol. The molecule has 0 aliphatic rings. The van der Waals surface area contributed by atoms with E-state index in [2.05, 4.69) is 44.4 Å². The first-order valence-electron chi connectivity index (χ1n) is 6.74. The summed E-state index contributed by atoms with van der Waals surface area (Å²) in [6.45, 7) is 0.715. The van der Waals surface area contributed by atoms with E-state index in [0.29, 0.717) is 6.54 Å². The van der Waals surface area contributed by atoms with E-state index in [9.17, 15) is 0 Å². The Hall–Kier alpha value is -1.91. The predicted octanol–water partition coefficient (Wildman–Crippen LogP) is 4.32. The number of nitrogens with one attached hydrogen (secondary N) is 1. The van der Waals surface area contributed by atoms with Gasteiger partial charge in [-0.05, 0) is 45.3 Å². The highest BCUT2D eigenvalue weighted by molar-refractivity contribution is 9.10. The molecule has 0 aliphatic carbocycles. The molecule has 0 radical (unpaired) electrons. The van der Waals surface area contributed by atoms with Crippen molar-refractivity contribution in [3.05, 3.63) is 88.5 Å². The maximum Gasteiger partial charge on any atom is 0.125 e. The molecule has 1 atom stereocenters. The summed E-state index contributed by atoms with van der Waals surface area (Å²) in [6, 6.07) is 16.3. The van der Waals surface area contributed by atoms with Crippen LogP contribution in [0.2, 0.25) is 0 Å². The van der Waals surface area contributed by atoms with Gasteiger partial charge in [0, 0.05) is 23.4 Å². The van der Waals surface area contributed by atoms with Gasteiger partial charge in [-0.2, -0.15) is 0 Å². The summed E-state index contributed by atoms with van der Waals surface area (Å²) in [5.41, 5.74) is 2.30. The SMILES string of the molecule is Brc1cncc(CNC(c2ccccc2)c2ccco2)c1. The number of aromatic nitrogens is 1. The van der Waals surface area contributed by atoms with E-state index < -0.39 is 0 Å². The summed E-state index contributed by atoms with van der Waals surface area (Å²) >= 11 is 3.44. The van der Waals surface area contributed by atoms with Gasteiger partial charge in [-0.15, -0.1) is 0 Å². The van der Waals surface area contributed by atoms with E-state index in [4.69, 9.17) is 4.42 Å². The lowest BCUT2D eigenvalue weighted by atomic mass is 10.0. The first kappa shape index (κ1) is 14.0. The molecule has 3 aromatic rings. The van der Waals surface area contributed by atoms with Crippen molar-refractivity contribution in [2.24, 2.45) is 0 Å². The van der Waals surface area contributed by atoms with Crippen LogP contribution in [0, 0.1) is 0 Å². The fraction of sp³-hybridized carbons (Fsp3) is 0.118. The third kappa shape index (κ3) is 3.60. The van der Waals surface area contributed by atoms with Crippen molar-refractivity contribution < 1.29 is 4.42 Å². The molecule has 0 fully saturated rings. The van der Waals surface area contributed by atoms with Crippen LogP contribution in [-0.4, -0.2) is 4.98 Å². The van der Waals surface area contributed by atoms with Crippen molar-refractivity contribution in [3.63, 3.8) is 0 Å². The van der Waals surface area contributed by atoms with Crippen molar-refractivity contribution in [3.8, 4) is 0 Å². The van der Waals surface area contributed by atoms with Gasteiger partial charge in [-0.3, -0.25) is 10.3 Å². The molecule has 21 heavy (non-hydrogen) atoms. The van der Waals surface area contributed by atoms with Crippen molar-refractivity contribution in [2.45, 2.75) is 12.6 Å². The Kier molecular flexibility index (Phi) is 4.48. The number of hydrogen-bond donors (Lipinski definition) is 1. The summed E-state index contributed by atoms with van der Waals surface area (Å²) in [4.78, 5) is 4.19. The van der Waals surface area contributed by atoms with Crippen LogP contribution in [-0.2, 0) is 6.54 Å². The molecule has 3 nitrogen and oxygen atoms in total. The van der Waals surface area contributed by atoms with Crippen molar-refractivity contribution >= 4 is 15.9 Å². The Balaban J connectivity index is 1.80. The minimum atomic E-state index is 0.0279. The minimum absolute atomic E-state index is 0.0279. The standard InChI is InChI=1S/C17H15BrN2O/c18-15-9-13(10-19-12-15)11-20-17(16-7-4-8-21-16)14-5-2-1-3-6-14/h1-10,12,17,20H,11H2. The zero-order valence-electron chi connectivity index (χ0n) is 11.4. The lowest BCUT2D eigenvalue weighted by Gasteiger charge is -2.17. The summed E-state index contributed by atoms with van der Waals surface area (Å²) in [5, 5.41) is 3.53. The molecule has 1 aromatic carbocycles. The average Bonchev–Trinajstić information content (AvgIpc) is 3.03. The van der Waals surface area contributed by atoms with E-state index in [1.54, 1.807) is 12.5 Å². The second-order valence-electron chi connectivity index (χ2n) is 4.75. The molecule has 0 aliphatic heterocycles. The zero-order chi connectivity index (χ0) is 14.5. The van der Waals surface area contributed by atoms with Crippen molar-refractivity contribution in [2.75, 3.05) is 0 Å². The molecule has 0 saturated carbocycles. The highest BCUT2D eigenvalue weighted by atomic mass is 79.9. The number of benzene rings is 1. The average molecular weight is 343 g/mol. The second-order valence-corrected chi connectivity index (χ2v) is 5.67. The summed E-state index contributed by atoms with van der Waals surface area (Å²) < 4.78 is 6.56. The highest BCUT2D eigenvalue weighted by Crippen LogP contribution is 2.23. The molecule has 2 aromatic heterocycles. The summed E-state index contributed by atoms with van der Waals surface area (Å²) in [6.07, 6.45) is 5.35. The zero-order valence-corrected chi connectivity index (χ0v) is 13.0. The van der Waals surface area contributed by atoms with Crippen LogP contribution >= 0.6 is 15.9 Å². The van der Waals surface area contributed by atoms with E-state index in [-0.39, 0.29) is 6.04 Å². The number of furan rings is 1. The Morgan fingerprint density at radius 2 is 1.95 bits per heavy atom. The Morgan fingerprint density at radius 1 is 1.10 bits per heavy atom. The maximum atomic E-state index is 5.57. The smallest absolute Gasteiger partial charge is 0.125 e. The van der Waals surface area contributed by atoms with E-state index in [1.807, 2.05) is 36.5 Å². The van der Waals surface area contributed by atoms with Gasteiger partial charge in [0.05, 0.1) is 12.3 Å². The third-order valence-corrected chi connectivity index (χ3v) is 3.67. The molecular weight excluding hydrogens is 328 g/mol. The van der Waals surface area contributed by atoms with Crippen LogP contribution in [0.1, 0.15) is 22.9 Å². The number of pyridine rings is 1. The lowest BCUT2D eigenvalue weighted by Crippen LogP contribution is -2.21. The normalized spacial score (nSPS) is 12.2. The first-order chi connectivity index (χ1) is 10.3. The molecule has 1 unspecified atom stereocenters. The minimum Gasteiger partial charge on any atom is -0.467 e. The van der Waals surface area contributed by atoms with Crippen LogP contribution < -0.4 is 5.32 Å². The van der Waals surface area contributed by atoms with Crippen LogP contribution in [0.3, 0.4) is 0 Å². The quantitative estimate of drug-likeness (QED) is 0.750.